The Balaban J connectivity index is 1.73. The highest BCUT2D eigenvalue weighted by atomic mass is 32.2. The van der Waals surface area contributed by atoms with E-state index in [9.17, 15) is 9.59 Å². The number of ether oxygens (including phenoxy) is 3. The first kappa shape index (κ1) is 26.5. The SMILES string of the molecule is CCN(C)C(=O)CC1=CSC2=NC(C)=C(C(=O)OCCOC)[C@@H](c3cccc(Oc4ccccc4)c3)N12. The van der Waals surface area contributed by atoms with Crippen LogP contribution in [0.3, 0.4) is 0 Å². The molecular formula is C28H31N3O5S. The number of hydrogen-bond donors (Lipinski definition) is 0. The molecule has 2 heterocycles. The highest BCUT2D eigenvalue weighted by Gasteiger charge is 2.41. The topological polar surface area (TPSA) is 80.7 Å². The van der Waals surface area contributed by atoms with Gasteiger partial charge in [-0.15, -0.1) is 0 Å². The number of para-hydroxylation sites is 1. The number of rotatable bonds is 10. The fourth-order valence-electron chi connectivity index (χ4n) is 4.08. The van der Waals surface area contributed by atoms with Crippen molar-refractivity contribution in [3.8, 4) is 11.5 Å². The number of allylic oxidation sites excluding steroid dienone is 1. The van der Waals surface area contributed by atoms with Gasteiger partial charge in [-0.3, -0.25) is 4.79 Å². The number of benzene rings is 2. The Bertz CT molecular complexity index is 1240. The number of aliphatic imine (C=N–C) groups is 1. The van der Waals surface area contributed by atoms with Crippen molar-refractivity contribution in [1.29, 1.82) is 0 Å². The largest absolute Gasteiger partial charge is 0.460 e. The van der Waals surface area contributed by atoms with Crippen LogP contribution in [-0.4, -0.2) is 60.8 Å². The molecule has 0 bridgehead atoms. The molecule has 0 aromatic heterocycles. The Morgan fingerprint density at radius 1 is 1.08 bits per heavy atom. The van der Waals surface area contributed by atoms with Crippen LogP contribution < -0.4 is 4.74 Å². The summed E-state index contributed by atoms with van der Waals surface area (Å²) in [5.41, 5.74) is 2.60. The minimum atomic E-state index is -0.539. The summed E-state index contributed by atoms with van der Waals surface area (Å²) in [5.74, 6) is 0.870. The van der Waals surface area contributed by atoms with Gasteiger partial charge in [0, 0.05) is 26.4 Å². The number of carbonyl (C=O) groups is 2. The van der Waals surface area contributed by atoms with Gasteiger partial charge in [0.2, 0.25) is 5.91 Å². The van der Waals surface area contributed by atoms with Crippen LogP contribution >= 0.6 is 11.8 Å². The first-order valence-corrected chi connectivity index (χ1v) is 13.0. The van der Waals surface area contributed by atoms with Gasteiger partial charge < -0.3 is 24.0 Å². The van der Waals surface area contributed by atoms with Crippen LogP contribution in [-0.2, 0) is 19.1 Å². The predicted octanol–water partition coefficient (Wildman–Crippen LogP) is 5.11. The Hall–Kier alpha value is -3.56. The molecule has 9 heteroatoms. The van der Waals surface area contributed by atoms with Gasteiger partial charge in [-0.1, -0.05) is 42.1 Å². The first-order chi connectivity index (χ1) is 17.9. The van der Waals surface area contributed by atoms with Gasteiger partial charge in [0.05, 0.1) is 30.3 Å². The third kappa shape index (κ3) is 6.06. The van der Waals surface area contributed by atoms with Gasteiger partial charge in [-0.05, 0) is 49.1 Å². The Morgan fingerprint density at radius 3 is 2.57 bits per heavy atom. The number of nitrogens with zero attached hydrogens (tertiary/aromatic N) is 3. The van der Waals surface area contributed by atoms with E-state index < -0.39 is 12.0 Å². The Morgan fingerprint density at radius 2 is 1.84 bits per heavy atom. The number of methoxy groups -OCH3 is 1. The van der Waals surface area contributed by atoms with Gasteiger partial charge in [0.1, 0.15) is 18.1 Å². The van der Waals surface area contributed by atoms with Gasteiger partial charge in [0.25, 0.3) is 0 Å². The normalized spacial score (nSPS) is 16.6. The van der Waals surface area contributed by atoms with Crippen molar-refractivity contribution in [2.45, 2.75) is 26.3 Å². The molecule has 2 aliphatic rings. The molecule has 2 aromatic rings. The Kier molecular flexibility index (Phi) is 8.68. The minimum Gasteiger partial charge on any atom is -0.460 e. The van der Waals surface area contributed by atoms with Crippen LogP contribution in [0.2, 0.25) is 0 Å². The van der Waals surface area contributed by atoms with E-state index in [1.54, 1.807) is 19.1 Å². The minimum absolute atomic E-state index is 0.00833. The van der Waals surface area contributed by atoms with Crippen LogP contribution in [0.4, 0.5) is 0 Å². The smallest absolute Gasteiger partial charge is 0.338 e. The zero-order chi connectivity index (χ0) is 26.4. The highest BCUT2D eigenvalue weighted by molar-refractivity contribution is 8.16. The van der Waals surface area contributed by atoms with E-state index in [1.807, 2.05) is 78.8 Å². The molecule has 1 amide bonds. The maximum atomic E-state index is 13.4. The van der Waals surface area contributed by atoms with Crippen molar-refractivity contribution in [3.05, 3.63) is 82.5 Å². The third-order valence-corrected chi connectivity index (χ3v) is 7.02. The van der Waals surface area contributed by atoms with Gasteiger partial charge >= 0.3 is 5.97 Å². The van der Waals surface area contributed by atoms with Crippen molar-refractivity contribution in [2.75, 3.05) is 33.9 Å². The van der Waals surface area contributed by atoms with E-state index in [1.165, 1.54) is 11.8 Å². The second-order valence-corrected chi connectivity index (χ2v) is 9.43. The zero-order valence-electron chi connectivity index (χ0n) is 21.5. The number of amidine groups is 1. The summed E-state index contributed by atoms with van der Waals surface area (Å²) in [6.45, 7) is 4.77. The van der Waals surface area contributed by atoms with Crippen molar-refractivity contribution in [2.24, 2.45) is 4.99 Å². The molecule has 0 unspecified atom stereocenters. The van der Waals surface area contributed by atoms with Crippen LogP contribution in [0.5, 0.6) is 11.5 Å². The summed E-state index contributed by atoms with van der Waals surface area (Å²) < 4.78 is 16.7. The molecular weight excluding hydrogens is 490 g/mol. The van der Waals surface area contributed by atoms with Crippen LogP contribution in [0.15, 0.2) is 82.0 Å². The van der Waals surface area contributed by atoms with Crippen LogP contribution in [0, 0.1) is 0 Å². The summed E-state index contributed by atoms with van der Waals surface area (Å²) in [7, 11) is 3.33. The van der Waals surface area contributed by atoms with E-state index in [0.29, 0.717) is 41.1 Å². The molecule has 37 heavy (non-hydrogen) atoms. The zero-order valence-corrected chi connectivity index (χ0v) is 22.3. The third-order valence-electron chi connectivity index (χ3n) is 6.13. The van der Waals surface area contributed by atoms with Crippen molar-refractivity contribution < 1.29 is 23.8 Å². The molecule has 2 aromatic carbocycles. The summed E-state index contributed by atoms with van der Waals surface area (Å²) in [4.78, 5) is 34.5. The van der Waals surface area contributed by atoms with Gasteiger partial charge in [-0.2, -0.15) is 0 Å². The molecule has 0 aliphatic carbocycles. The van der Waals surface area contributed by atoms with Gasteiger partial charge in [0.15, 0.2) is 5.17 Å². The first-order valence-electron chi connectivity index (χ1n) is 12.1. The maximum absolute atomic E-state index is 13.4. The predicted molar refractivity (Wildman–Crippen MR) is 144 cm³/mol. The average Bonchev–Trinajstić information content (AvgIpc) is 3.29. The molecule has 4 rings (SSSR count). The number of thioether (sulfide) groups is 1. The fourth-order valence-corrected chi connectivity index (χ4v) is 5.04. The summed E-state index contributed by atoms with van der Waals surface area (Å²) in [6, 6.07) is 16.6. The van der Waals surface area contributed by atoms with E-state index in [-0.39, 0.29) is 18.9 Å². The van der Waals surface area contributed by atoms with E-state index in [0.717, 1.165) is 11.3 Å². The molecule has 194 valence electrons. The monoisotopic (exact) mass is 521 g/mol. The fraction of sp³-hybridized carbons (Fsp3) is 0.321. The molecule has 8 nitrogen and oxygen atoms in total. The number of hydrogen-bond acceptors (Lipinski definition) is 8. The lowest BCUT2D eigenvalue weighted by molar-refractivity contribution is -0.141. The number of fused-ring (bicyclic) bond motifs is 1. The number of carbonyl (C=O) groups excluding carboxylic acids is 2. The average molecular weight is 522 g/mol. The van der Waals surface area contributed by atoms with Crippen molar-refractivity contribution in [1.82, 2.24) is 9.80 Å². The second kappa shape index (κ2) is 12.1. The summed E-state index contributed by atoms with van der Waals surface area (Å²) >= 11 is 1.45. The van der Waals surface area contributed by atoms with E-state index in [2.05, 4.69) is 0 Å². The van der Waals surface area contributed by atoms with Gasteiger partial charge in [-0.25, -0.2) is 9.79 Å². The number of esters is 1. The van der Waals surface area contributed by atoms with E-state index >= 15 is 0 Å². The molecule has 0 fully saturated rings. The molecule has 0 spiro atoms. The lowest BCUT2D eigenvalue weighted by Gasteiger charge is -2.36. The highest BCUT2D eigenvalue weighted by Crippen LogP contribution is 2.45. The maximum Gasteiger partial charge on any atom is 0.338 e. The lowest BCUT2D eigenvalue weighted by atomic mass is 9.93. The summed E-state index contributed by atoms with van der Waals surface area (Å²) in [6.07, 6.45) is 0.193. The lowest BCUT2D eigenvalue weighted by Crippen LogP contribution is -2.38. The quantitative estimate of drug-likeness (QED) is 0.317. The molecule has 0 radical (unpaired) electrons. The van der Waals surface area contributed by atoms with Crippen molar-refractivity contribution >= 4 is 28.8 Å². The molecule has 2 aliphatic heterocycles. The molecule has 0 saturated heterocycles. The summed E-state index contributed by atoms with van der Waals surface area (Å²) in [5, 5.41) is 2.65. The molecule has 1 atom stereocenters. The van der Waals surface area contributed by atoms with Crippen LogP contribution in [0.1, 0.15) is 31.9 Å². The molecule has 0 saturated carbocycles. The standard InChI is InChI=1S/C28H31N3O5S/c1-5-30(3)24(32)17-21-18-37-28-29-19(2)25(27(33)35-15-14-34-4)26(31(21)28)20-10-9-13-23(16-20)36-22-11-7-6-8-12-22/h6-13,16,18,26H,5,14-15,17H2,1-4H3/t26-/m1/s1. The molecule has 0 N–H and O–H groups in total. The Labute approximate surface area is 221 Å². The van der Waals surface area contributed by atoms with E-state index in [4.69, 9.17) is 19.2 Å². The number of amides is 1. The van der Waals surface area contributed by atoms with Crippen LogP contribution in [0.25, 0.3) is 0 Å². The second-order valence-electron chi connectivity index (χ2n) is 8.59. The van der Waals surface area contributed by atoms with Crippen molar-refractivity contribution in [3.63, 3.8) is 0 Å².